The van der Waals surface area contributed by atoms with Crippen molar-refractivity contribution in [2.45, 2.75) is 0 Å². The number of hydrogen-bond acceptors (Lipinski definition) is 7. The third-order valence-corrected chi connectivity index (χ3v) is 4.61. The van der Waals surface area contributed by atoms with E-state index in [1.54, 1.807) is 0 Å². The molecule has 0 spiro atoms. The molecule has 5 rings (SSSR count). The summed E-state index contributed by atoms with van der Waals surface area (Å²) >= 11 is 0. The molecule has 6 N–H and O–H groups in total. The zero-order valence-corrected chi connectivity index (χ0v) is 15.7. The molecular formula is C21H17N9. The van der Waals surface area contributed by atoms with Crippen molar-refractivity contribution in [2.24, 2.45) is 0 Å². The normalized spacial score (nSPS) is 10.9. The summed E-state index contributed by atoms with van der Waals surface area (Å²) in [5, 5.41) is 14.4. The largest absolute Gasteiger partial charge is 0.398 e. The molecule has 0 aliphatic heterocycles. The number of nitrogen functional groups attached to an aromatic ring is 2. The summed E-state index contributed by atoms with van der Waals surface area (Å²) in [6.45, 7) is 0. The Labute approximate surface area is 171 Å². The van der Waals surface area contributed by atoms with E-state index < -0.39 is 0 Å². The molecule has 0 bridgehead atoms. The lowest BCUT2D eigenvalue weighted by atomic mass is 10.2. The van der Waals surface area contributed by atoms with Gasteiger partial charge in [-0.1, -0.05) is 30.3 Å². The first-order valence-electron chi connectivity index (χ1n) is 9.21. The number of nitrogens with zero attached hydrogens (tertiary/aromatic N) is 5. The fraction of sp³-hybridized carbons (Fsp3) is 0. The number of anilines is 2. The number of aromatic amines is 2. The van der Waals surface area contributed by atoms with E-state index in [4.69, 9.17) is 11.5 Å². The lowest BCUT2D eigenvalue weighted by Gasteiger charge is -2.00. The Morgan fingerprint density at radius 1 is 0.533 bits per heavy atom. The summed E-state index contributed by atoms with van der Waals surface area (Å²) in [7, 11) is 0. The van der Waals surface area contributed by atoms with E-state index in [-0.39, 0.29) is 0 Å². The van der Waals surface area contributed by atoms with Crippen molar-refractivity contribution in [1.82, 2.24) is 35.3 Å². The van der Waals surface area contributed by atoms with Crippen molar-refractivity contribution < 1.29 is 0 Å². The third-order valence-electron chi connectivity index (χ3n) is 4.61. The quantitative estimate of drug-likeness (QED) is 0.342. The van der Waals surface area contributed by atoms with Gasteiger partial charge in [-0.2, -0.15) is 10.2 Å². The van der Waals surface area contributed by atoms with Gasteiger partial charge in [-0.05, 0) is 36.4 Å². The predicted molar refractivity (Wildman–Crippen MR) is 115 cm³/mol. The van der Waals surface area contributed by atoms with Crippen molar-refractivity contribution in [3.8, 4) is 45.8 Å². The van der Waals surface area contributed by atoms with E-state index in [0.29, 0.717) is 46.1 Å². The van der Waals surface area contributed by atoms with Gasteiger partial charge in [0.2, 0.25) is 0 Å². The molecule has 0 saturated heterocycles. The molecule has 0 fully saturated rings. The van der Waals surface area contributed by atoms with Gasteiger partial charge in [-0.3, -0.25) is 10.2 Å². The van der Waals surface area contributed by atoms with Gasteiger partial charge in [0.1, 0.15) is 11.4 Å². The Hall–Kier alpha value is -4.53. The maximum absolute atomic E-state index is 6.02. The molecule has 30 heavy (non-hydrogen) atoms. The molecule has 0 amide bonds. The molecule has 3 heterocycles. The molecular weight excluding hydrogens is 378 g/mol. The van der Waals surface area contributed by atoms with Gasteiger partial charge in [-0.15, -0.1) is 0 Å². The summed E-state index contributed by atoms with van der Waals surface area (Å²) in [4.78, 5) is 13.7. The van der Waals surface area contributed by atoms with Crippen LogP contribution < -0.4 is 11.5 Å². The van der Waals surface area contributed by atoms with Crippen molar-refractivity contribution in [1.29, 1.82) is 0 Å². The minimum Gasteiger partial charge on any atom is -0.398 e. The second kappa shape index (κ2) is 7.13. The predicted octanol–water partition coefficient (Wildman–Crippen LogP) is 3.15. The Bertz CT molecular complexity index is 1240. The molecule has 146 valence electrons. The van der Waals surface area contributed by atoms with Crippen molar-refractivity contribution in [3.63, 3.8) is 0 Å². The molecule has 9 heteroatoms. The zero-order valence-electron chi connectivity index (χ0n) is 15.7. The smallest absolute Gasteiger partial charge is 0.183 e. The Morgan fingerprint density at radius 2 is 1.00 bits per heavy atom. The van der Waals surface area contributed by atoms with Crippen molar-refractivity contribution in [2.75, 3.05) is 11.5 Å². The topological polar surface area (TPSA) is 148 Å². The number of H-pyrrole nitrogens is 2. The van der Waals surface area contributed by atoms with Crippen LogP contribution in [0.2, 0.25) is 0 Å². The van der Waals surface area contributed by atoms with Crippen LogP contribution in [0.1, 0.15) is 0 Å². The first kappa shape index (κ1) is 17.6. The van der Waals surface area contributed by atoms with Gasteiger partial charge < -0.3 is 11.5 Å². The monoisotopic (exact) mass is 395 g/mol. The average molecular weight is 395 g/mol. The second-order valence-electron chi connectivity index (χ2n) is 6.60. The van der Waals surface area contributed by atoms with Gasteiger partial charge in [0.25, 0.3) is 0 Å². The Kier molecular flexibility index (Phi) is 4.18. The maximum atomic E-state index is 6.02. The SMILES string of the molecule is Nc1ccccc1-c1n[nH]c(-c2cccc(-c3nc(-c4ccccc4N)n[nH]3)n2)n1. The minimum absolute atomic E-state index is 0.511. The maximum Gasteiger partial charge on any atom is 0.183 e. The zero-order chi connectivity index (χ0) is 20.5. The lowest BCUT2D eigenvalue weighted by Crippen LogP contribution is -1.92. The van der Waals surface area contributed by atoms with Crippen LogP contribution in [0, 0.1) is 0 Å². The molecule has 3 aromatic heterocycles. The van der Waals surface area contributed by atoms with Crippen LogP contribution in [0.25, 0.3) is 45.8 Å². The lowest BCUT2D eigenvalue weighted by molar-refractivity contribution is 1.08. The van der Waals surface area contributed by atoms with E-state index in [0.717, 1.165) is 11.1 Å². The third kappa shape index (κ3) is 3.14. The van der Waals surface area contributed by atoms with Gasteiger partial charge >= 0.3 is 0 Å². The molecule has 9 nitrogen and oxygen atoms in total. The highest BCUT2D eigenvalue weighted by Gasteiger charge is 2.14. The number of aromatic nitrogens is 7. The van der Waals surface area contributed by atoms with Crippen LogP contribution in [0.15, 0.2) is 66.7 Å². The van der Waals surface area contributed by atoms with Crippen LogP contribution in [0.5, 0.6) is 0 Å². The van der Waals surface area contributed by atoms with Gasteiger partial charge in [0.05, 0.1) is 0 Å². The van der Waals surface area contributed by atoms with Crippen LogP contribution in [-0.4, -0.2) is 35.3 Å². The molecule has 2 aromatic carbocycles. The summed E-state index contributed by atoms with van der Waals surface area (Å²) in [6.07, 6.45) is 0. The number of pyridine rings is 1. The molecule has 5 aromatic rings. The number of benzene rings is 2. The summed E-state index contributed by atoms with van der Waals surface area (Å²) in [6, 6.07) is 20.4. The highest BCUT2D eigenvalue weighted by Crippen LogP contribution is 2.26. The first-order chi connectivity index (χ1) is 14.7. The minimum atomic E-state index is 0.511. The van der Waals surface area contributed by atoms with E-state index >= 15 is 0 Å². The standard InChI is InChI=1S/C21H17N9/c22-14-8-3-1-6-12(14)18-25-20(29-27-18)16-10-5-11-17(24-16)21-26-19(28-30-21)13-7-2-4-9-15(13)23/h1-11H,22-23H2,(H,25,27,29)(H,26,28,30). The number of hydrogen-bond donors (Lipinski definition) is 4. The van der Waals surface area contributed by atoms with Crippen molar-refractivity contribution in [3.05, 3.63) is 66.7 Å². The number of nitrogens with one attached hydrogen (secondary N) is 2. The molecule has 0 unspecified atom stereocenters. The van der Waals surface area contributed by atoms with E-state index in [1.807, 2.05) is 66.7 Å². The number of para-hydroxylation sites is 2. The first-order valence-corrected chi connectivity index (χ1v) is 9.21. The Morgan fingerprint density at radius 3 is 1.47 bits per heavy atom. The van der Waals surface area contributed by atoms with E-state index in [2.05, 4.69) is 35.3 Å². The summed E-state index contributed by atoms with van der Waals surface area (Å²) < 4.78 is 0. The molecule has 0 aliphatic rings. The highest BCUT2D eigenvalue weighted by molar-refractivity contribution is 5.73. The highest BCUT2D eigenvalue weighted by atomic mass is 15.2. The van der Waals surface area contributed by atoms with Crippen molar-refractivity contribution >= 4 is 11.4 Å². The molecule has 0 radical (unpaired) electrons. The van der Waals surface area contributed by atoms with Crippen LogP contribution in [0.4, 0.5) is 11.4 Å². The molecule has 0 aliphatic carbocycles. The fourth-order valence-electron chi connectivity index (χ4n) is 3.09. The van der Waals surface area contributed by atoms with Crippen LogP contribution >= 0.6 is 0 Å². The Balaban J connectivity index is 1.47. The number of nitrogens with two attached hydrogens (primary N) is 2. The van der Waals surface area contributed by atoms with E-state index in [1.165, 1.54) is 0 Å². The van der Waals surface area contributed by atoms with E-state index in [9.17, 15) is 0 Å². The van der Waals surface area contributed by atoms with Gasteiger partial charge in [0.15, 0.2) is 23.3 Å². The summed E-state index contributed by atoms with van der Waals surface area (Å²) in [5.74, 6) is 2.08. The second-order valence-corrected chi connectivity index (χ2v) is 6.60. The van der Waals surface area contributed by atoms with Gasteiger partial charge in [-0.25, -0.2) is 15.0 Å². The van der Waals surface area contributed by atoms with Crippen LogP contribution in [0.3, 0.4) is 0 Å². The van der Waals surface area contributed by atoms with Gasteiger partial charge in [0, 0.05) is 22.5 Å². The average Bonchev–Trinajstić information content (AvgIpc) is 3.45. The van der Waals surface area contributed by atoms with Crippen LogP contribution in [-0.2, 0) is 0 Å². The summed E-state index contributed by atoms with van der Waals surface area (Å²) in [5.41, 5.74) is 16.0. The molecule has 0 atom stereocenters. The molecule has 0 saturated carbocycles. The number of rotatable bonds is 4. The fourth-order valence-corrected chi connectivity index (χ4v) is 3.09.